The molecule has 0 saturated heterocycles. The molecular formula is C44H30. The fourth-order valence-electron chi connectivity index (χ4n) is 6.71. The van der Waals surface area contributed by atoms with Gasteiger partial charge in [-0.2, -0.15) is 0 Å². The van der Waals surface area contributed by atoms with Gasteiger partial charge in [0.1, 0.15) is 0 Å². The minimum atomic E-state index is 1.21. The summed E-state index contributed by atoms with van der Waals surface area (Å²) in [4.78, 5) is 0. The molecule has 8 rings (SSSR count). The van der Waals surface area contributed by atoms with Gasteiger partial charge in [-0.3, -0.25) is 0 Å². The van der Waals surface area contributed by atoms with Crippen LogP contribution < -0.4 is 0 Å². The number of rotatable bonds is 5. The van der Waals surface area contributed by atoms with Crippen LogP contribution in [0, 0.1) is 0 Å². The van der Waals surface area contributed by atoms with Gasteiger partial charge in [0.2, 0.25) is 0 Å². The van der Waals surface area contributed by atoms with Crippen molar-refractivity contribution in [3.63, 3.8) is 0 Å². The molecule has 0 atom stereocenters. The Bertz CT molecular complexity index is 2190. The lowest BCUT2D eigenvalue weighted by Crippen LogP contribution is -1.94. The van der Waals surface area contributed by atoms with Crippen molar-refractivity contribution in [3.05, 3.63) is 182 Å². The third-order valence-corrected chi connectivity index (χ3v) is 8.69. The van der Waals surface area contributed by atoms with Gasteiger partial charge in [-0.15, -0.1) is 0 Å². The standard InChI is InChI=1S/C44H30/c1-4-16-31(17-5-1)34-28-29-36(33-20-8-3-9-21-33)42(30-34)44-40-26-14-12-24-38(40)43(39-25-13-15-27-41(39)44)37-23-11-10-22-35(37)32-18-6-2-7-19-32/h1-30H. The molecule has 8 aromatic rings. The highest BCUT2D eigenvalue weighted by atomic mass is 14.2. The maximum atomic E-state index is 2.39. The zero-order valence-corrected chi connectivity index (χ0v) is 24.3. The van der Waals surface area contributed by atoms with Crippen molar-refractivity contribution in [2.75, 3.05) is 0 Å². The lowest BCUT2D eigenvalue weighted by molar-refractivity contribution is 1.58. The molecule has 0 spiro atoms. The van der Waals surface area contributed by atoms with Crippen LogP contribution in [0.2, 0.25) is 0 Å². The number of fused-ring (bicyclic) bond motifs is 2. The summed E-state index contributed by atoms with van der Waals surface area (Å²) in [6.07, 6.45) is 0. The average Bonchev–Trinajstić information content (AvgIpc) is 3.11. The Balaban J connectivity index is 1.50. The number of hydrogen-bond acceptors (Lipinski definition) is 0. The Morgan fingerprint density at radius 1 is 0.205 bits per heavy atom. The third-order valence-electron chi connectivity index (χ3n) is 8.69. The van der Waals surface area contributed by atoms with Gasteiger partial charge in [-0.05, 0) is 83.2 Å². The molecule has 0 fully saturated rings. The molecule has 0 radical (unpaired) electrons. The summed E-state index contributed by atoms with van der Waals surface area (Å²) >= 11 is 0. The fraction of sp³-hybridized carbons (Fsp3) is 0. The zero-order chi connectivity index (χ0) is 29.3. The van der Waals surface area contributed by atoms with Crippen LogP contribution in [0.1, 0.15) is 0 Å². The summed E-state index contributed by atoms with van der Waals surface area (Å²) in [7, 11) is 0. The topological polar surface area (TPSA) is 0 Å². The first kappa shape index (κ1) is 25.9. The maximum Gasteiger partial charge on any atom is -0.00199 e. The summed E-state index contributed by atoms with van der Waals surface area (Å²) in [5.74, 6) is 0. The predicted octanol–water partition coefficient (Wildman–Crippen LogP) is 12.3. The van der Waals surface area contributed by atoms with E-state index < -0.39 is 0 Å². The molecule has 44 heavy (non-hydrogen) atoms. The second-order valence-corrected chi connectivity index (χ2v) is 11.2. The van der Waals surface area contributed by atoms with E-state index in [9.17, 15) is 0 Å². The summed E-state index contributed by atoms with van der Waals surface area (Å²) in [6.45, 7) is 0. The van der Waals surface area contributed by atoms with Gasteiger partial charge in [-0.1, -0.05) is 176 Å². The highest BCUT2D eigenvalue weighted by Crippen LogP contribution is 2.48. The molecule has 0 heterocycles. The first-order valence-corrected chi connectivity index (χ1v) is 15.2. The first-order chi connectivity index (χ1) is 21.9. The predicted molar refractivity (Wildman–Crippen MR) is 189 cm³/mol. The quantitative estimate of drug-likeness (QED) is 0.184. The van der Waals surface area contributed by atoms with E-state index in [4.69, 9.17) is 0 Å². The van der Waals surface area contributed by atoms with Gasteiger partial charge in [0.25, 0.3) is 0 Å². The highest BCUT2D eigenvalue weighted by molar-refractivity contribution is 6.23. The van der Waals surface area contributed by atoms with Crippen molar-refractivity contribution in [1.82, 2.24) is 0 Å². The molecule has 0 aromatic heterocycles. The third kappa shape index (κ3) is 4.49. The molecule has 0 N–H and O–H groups in total. The van der Waals surface area contributed by atoms with Crippen LogP contribution in [0.15, 0.2) is 182 Å². The SMILES string of the molecule is c1ccc(-c2ccc(-c3ccccc3)c(-c3c4ccccc4c(-c4ccccc4-c4ccccc4)c4ccccc34)c2)cc1. The van der Waals surface area contributed by atoms with E-state index >= 15 is 0 Å². The van der Waals surface area contributed by atoms with Gasteiger partial charge < -0.3 is 0 Å². The normalized spacial score (nSPS) is 11.2. The Morgan fingerprint density at radius 2 is 0.568 bits per heavy atom. The molecule has 0 heteroatoms. The molecule has 0 saturated carbocycles. The highest BCUT2D eigenvalue weighted by Gasteiger charge is 2.21. The van der Waals surface area contributed by atoms with Crippen molar-refractivity contribution in [1.29, 1.82) is 0 Å². The van der Waals surface area contributed by atoms with Crippen molar-refractivity contribution < 1.29 is 0 Å². The van der Waals surface area contributed by atoms with E-state index in [2.05, 4.69) is 182 Å². The van der Waals surface area contributed by atoms with Crippen LogP contribution in [-0.2, 0) is 0 Å². The number of benzene rings is 8. The molecule has 0 amide bonds. The monoisotopic (exact) mass is 558 g/mol. The second kappa shape index (κ2) is 11.2. The molecule has 206 valence electrons. The Kier molecular flexibility index (Phi) is 6.59. The van der Waals surface area contributed by atoms with E-state index in [0.717, 1.165) is 0 Å². The van der Waals surface area contributed by atoms with Crippen LogP contribution in [0.5, 0.6) is 0 Å². The van der Waals surface area contributed by atoms with Crippen LogP contribution in [0.25, 0.3) is 77.2 Å². The van der Waals surface area contributed by atoms with Gasteiger partial charge in [0, 0.05) is 0 Å². The molecular weight excluding hydrogens is 528 g/mol. The molecule has 0 bridgehead atoms. The average molecular weight is 559 g/mol. The Morgan fingerprint density at radius 3 is 1.07 bits per heavy atom. The van der Waals surface area contributed by atoms with Crippen molar-refractivity contribution in [2.45, 2.75) is 0 Å². The molecule has 0 nitrogen and oxygen atoms in total. The lowest BCUT2D eigenvalue weighted by atomic mass is 9.81. The molecule has 8 aromatic carbocycles. The van der Waals surface area contributed by atoms with Crippen molar-refractivity contribution in [3.8, 4) is 55.6 Å². The smallest absolute Gasteiger partial charge is 0.00199 e. The fourth-order valence-corrected chi connectivity index (χ4v) is 6.71. The zero-order valence-electron chi connectivity index (χ0n) is 24.3. The molecule has 0 unspecified atom stereocenters. The van der Waals surface area contributed by atoms with Crippen LogP contribution in [0.3, 0.4) is 0 Å². The second-order valence-electron chi connectivity index (χ2n) is 11.2. The van der Waals surface area contributed by atoms with Crippen molar-refractivity contribution >= 4 is 21.5 Å². The summed E-state index contributed by atoms with van der Waals surface area (Å²) in [5, 5.41) is 5.03. The van der Waals surface area contributed by atoms with Gasteiger partial charge in [0.15, 0.2) is 0 Å². The largest absolute Gasteiger partial charge is 0.0622 e. The minimum absolute atomic E-state index is 1.21. The molecule has 0 aliphatic heterocycles. The maximum absolute atomic E-state index is 2.39. The lowest BCUT2D eigenvalue weighted by Gasteiger charge is -2.21. The Hall–Kier alpha value is -5.72. The Labute approximate surface area is 258 Å². The van der Waals surface area contributed by atoms with E-state index in [1.807, 2.05) is 0 Å². The number of hydrogen-bond donors (Lipinski definition) is 0. The summed E-state index contributed by atoms with van der Waals surface area (Å²) in [6, 6.07) is 65.9. The van der Waals surface area contributed by atoms with E-state index in [1.165, 1.54) is 77.2 Å². The summed E-state index contributed by atoms with van der Waals surface area (Å²) in [5.41, 5.74) is 12.4. The van der Waals surface area contributed by atoms with Crippen LogP contribution >= 0.6 is 0 Å². The van der Waals surface area contributed by atoms with Crippen LogP contribution in [0.4, 0.5) is 0 Å². The van der Waals surface area contributed by atoms with Crippen molar-refractivity contribution in [2.24, 2.45) is 0 Å². The van der Waals surface area contributed by atoms with E-state index in [1.54, 1.807) is 0 Å². The van der Waals surface area contributed by atoms with E-state index in [0.29, 0.717) is 0 Å². The van der Waals surface area contributed by atoms with Gasteiger partial charge >= 0.3 is 0 Å². The summed E-state index contributed by atoms with van der Waals surface area (Å²) < 4.78 is 0. The molecule has 0 aliphatic rings. The minimum Gasteiger partial charge on any atom is -0.0622 e. The molecule has 0 aliphatic carbocycles. The van der Waals surface area contributed by atoms with E-state index in [-0.39, 0.29) is 0 Å². The van der Waals surface area contributed by atoms with Gasteiger partial charge in [-0.25, -0.2) is 0 Å². The first-order valence-electron chi connectivity index (χ1n) is 15.2. The van der Waals surface area contributed by atoms with Gasteiger partial charge in [0.05, 0.1) is 0 Å². The van der Waals surface area contributed by atoms with Crippen LogP contribution in [-0.4, -0.2) is 0 Å².